The minimum absolute atomic E-state index is 0.0192. The van der Waals surface area contributed by atoms with Crippen molar-refractivity contribution in [2.45, 2.75) is 26.7 Å². The highest BCUT2D eigenvalue weighted by atomic mass is 16.5. The van der Waals surface area contributed by atoms with Gasteiger partial charge in [0.15, 0.2) is 0 Å². The molecule has 0 aliphatic heterocycles. The lowest BCUT2D eigenvalue weighted by molar-refractivity contribution is -0.126. The van der Waals surface area contributed by atoms with Crippen molar-refractivity contribution in [2.24, 2.45) is 11.3 Å². The normalized spacial score (nSPS) is 16.7. The average molecular weight is 313 g/mol. The van der Waals surface area contributed by atoms with Crippen molar-refractivity contribution in [3.63, 3.8) is 0 Å². The molecule has 0 bridgehead atoms. The van der Waals surface area contributed by atoms with Gasteiger partial charge in [-0.15, -0.1) is 0 Å². The lowest BCUT2D eigenvalue weighted by Crippen LogP contribution is -2.39. The molecule has 0 radical (unpaired) electrons. The molecule has 23 heavy (non-hydrogen) atoms. The molecule has 1 N–H and O–H groups in total. The summed E-state index contributed by atoms with van der Waals surface area (Å²) in [4.78, 5) is 32.4. The van der Waals surface area contributed by atoms with Gasteiger partial charge in [-0.25, -0.2) is 14.8 Å². The molecule has 0 atom stereocenters. The zero-order valence-electron chi connectivity index (χ0n) is 13.4. The fourth-order valence-electron chi connectivity index (χ4n) is 3.07. The van der Waals surface area contributed by atoms with Crippen LogP contribution in [0.5, 0.6) is 0 Å². The van der Waals surface area contributed by atoms with E-state index in [1.165, 1.54) is 13.3 Å². The Labute approximate surface area is 134 Å². The molecule has 120 valence electrons. The first-order valence-corrected chi connectivity index (χ1v) is 7.54. The molecule has 1 saturated carbocycles. The number of anilines is 1. The highest BCUT2D eigenvalue weighted by molar-refractivity contribution is 6.03. The first-order chi connectivity index (χ1) is 10.9. The summed E-state index contributed by atoms with van der Waals surface area (Å²) in [5, 5.41) is 3.36. The van der Waals surface area contributed by atoms with Crippen LogP contribution in [0.3, 0.4) is 0 Å². The Bertz CT molecular complexity index is 778. The molecule has 0 spiro atoms. The van der Waals surface area contributed by atoms with Gasteiger partial charge in [0.05, 0.1) is 18.2 Å². The van der Waals surface area contributed by atoms with Crippen LogP contribution in [0.4, 0.5) is 5.95 Å². The van der Waals surface area contributed by atoms with Crippen molar-refractivity contribution >= 4 is 28.7 Å². The van der Waals surface area contributed by atoms with Gasteiger partial charge in [0, 0.05) is 17.5 Å². The molecule has 6 nitrogen and oxygen atoms in total. The van der Waals surface area contributed by atoms with Crippen LogP contribution in [0.25, 0.3) is 10.9 Å². The van der Waals surface area contributed by atoms with Crippen LogP contribution in [0.1, 0.15) is 37.0 Å². The molecular weight excluding hydrogens is 294 g/mol. The van der Waals surface area contributed by atoms with E-state index in [0.717, 1.165) is 12.8 Å². The Morgan fingerprint density at radius 2 is 2.04 bits per heavy atom. The summed E-state index contributed by atoms with van der Waals surface area (Å²) in [6.45, 7) is 4.30. The average Bonchev–Trinajstić information content (AvgIpc) is 2.50. The predicted octanol–water partition coefficient (Wildman–Crippen LogP) is 2.79. The molecule has 0 unspecified atom stereocenters. The molecule has 3 rings (SSSR count). The van der Waals surface area contributed by atoms with Gasteiger partial charge in [0.2, 0.25) is 11.9 Å². The van der Waals surface area contributed by atoms with Gasteiger partial charge in [-0.2, -0.15) is 0 Å². The maximum Gasteiger partial charge on any atom is 0.338 e. The second-order valence-corrected chi connectivity index (χ2v) is 6.68. The van der Waals surface area contributed by atoms with Gasteiger partial charge in [-0.05, 0) is 30.4 Å². The topological polar surface area (TPSA) is 81.2 Å². The molecule has 2 aromatic rings. The molecule has 1 aromatic carbocycles. The number of ether oxygens (including phenoxy) is 1. The Morgan fingerprint density at radius 1 is 1.30 bits per heavy atom. The standard InChI is InChI=1S/C17H19N3O3/c1-17(2)7-10(8-17)14(21)20-16-18-9-12-11(15(22)23-3)5-4-6-13(12)19-16/h4-6,9-10H,7-8H2,1-3H3,(H,18,19,20,21). The maximum atomic E-state index is 12.2. The lowest BCUT2D eigenvalue weighted by Gasteiger charge is -2.41. The van der Waals surface area contributed by atoms with Gasteiger partial charge in [-0.1, -0.05) is 19.9 Å². The Morgan fingerprint density at radius 3 is 2.70 bits per heavy atom. The van der Waals surface area contributed by atoms with E-state index in [1.807, 2.05) is 0 Å². The number of rotatable bonds is 3. The molecule has 6 heteroatoms. The monoisotopic (exact) mass is 313 g/mol. The van der Waals surface area contributed by atoms with E-state index < -0.39 is 5.97 Å². The zero-order valence-corrected chi connectivity index (χ0v) is 13.4. The van der Waals surface area contributed by atoms with Crippen molar-refractivity contribution in [1.82, 2.24) is 9.97 Å². The van der Waals surface area contributed by atoms with E-state index in [2.05, 4.69) is 29.1 Å². The summed E-state index contributed by atoms with van der Waals surface area (Å²) in [5.74, 6) is -0.208. The number of hydrogen-bond acceptors (Lipinski definition) is 5. The largest absolute Gasteiger partial charge is 0.465 e. The minimum Gasteiger partial charge on any atom is -0.465 e. The van der Waals surface area contributed by atoms with Crippen molar-refractivity contribution in [2.75, 3.05) is 12.4 Å². The summed E-state index contributed by atoms with van der Waals surface area (Å²) < 4.78 is 4.75. The molecule has 1 aliphatic carbocycles. The van der Waals surface area contributed by atoms with E-state index in [0.29, 0.717) is 16.5 Å². The second kappa shape index (κ2) is 5.61. The van der Waals surface area contributed by atoms with E-state index in [-0.39, 0.29) is 23.2 Å². The smallest absolute Gasteiger partial charge is 0.338 e. The number of esters is 1. The number of hydrogen-bond donors (Lipinski definition) is 1. The Hall–Kier alpha value is -2.50. The number of aromatic nitrogens is 2. The van der Waals surface area contributed by atoms with Crippen LogP contribution in [0.2, 0.25) is 0 Å². The molecule has 1 aromatic heterocycles. The van der Waals surface area contributed by atoms with Gasteiger partial charge >= 0.3 is 5.97 Å². The third-order valence-electron chi connectivity index (χ3n) is 4.23. The van der Waals surface area contributed by atoms with Crippen LogP contribution < -0.4 is 5.32 Å². The summed E-state index contributed by atoms with van der Waals surface area (Å²) in [6, 6.07) is 5.15. The number of carbonyl (C=O) groups excluding carboxylic acids is 2. The first-order valence-electron chi connectivity index (χ1n) is 7.54. The quantitative estimate of drug-likeness (QED) is 0.881. The van der Waals surface area contributed by atoms with Gasteiger partial charge in [-0.3, -0.25) is 10.1 Å². The molecule has 1 heterocycles. The van der Waals surface area contributed by atoms with Gasteiger partial charge < -0.3 is 4.74 Å². The fourth-order valence-corrected chi connectivity index (χ4v) is 3.07. The van der Waals surface area contributed by atoms with Crippen LogP contribution in [-0.2, 0) is 9.53 Å². The minimum atomic E-state index is -0.437. The van der Waals surface area contributed by atoms with E-state index in [9.17, 15) is 9.59 Å². The Balaban J connectivity index is 1.81. The Kier molecular flexibility index (Phi) is 3.75. The van der Waals surface area contributed by atoms with Crippen molar-refractivity contribution in [1.29, 1.82) is 0 Å². The van der Waals surface area contributed by atoms with E-state index >= 15 is 0 Å². The zero-order chi connectivity index (χ0) is 16.6. The second-order valence-electron chi connectivity index (χ2n) is 6.68. The third-order valence-corrected chi connectivity index (χ3v) is 4.23. The van der Waals surface area contributed by atoms with Crippen molar-refractivity contribution in [3.8, 4) is 0 Å². The number of benzene rings is 1. The summed E-state index contributed by atoms with van der Waals surface area (Å²) >= 11 is 0. The number of methoxy groups -OCH3 is 1. The van der Waals surface area contributed by atoms with E-state index in [1.54, 1.807) is 18.2 Å². The SMILES string of the molecule is COC(=O)c1cccc2nc(NC(=O)C3CC(C)(C)C3)ncc12. The van der Waals surface area contributed by atoms with Gasteiger partial charge in [0.1, 0.15) is 0 Å². The summed E-state index contributed by atoms with van der Waals surface area (Å²) in [6.07, 6.45) is 3.28. The fraction of sp³-hybridized carbons (Fsp3) is 0.412. The maximum absolute atomic E-state index is 12.2. The number of nitrogens with one attached hydrogen (secondary N) is 1. The molecule has 1 aliphatic rings. The lowest BCUT2D eigenvalue weighted by atomic mass is 9.64. The summed E-state index contributed by atoms with van der Waals surface area (Å²) in [5.41, 5.74) is 1.23. The van der Waals surface area contributed by atoms with Crippen LogP contribution in [-0.4, -0.2) is 29.0 Å². The first kappa shape index (κ1) is 15.4. The van der Waals surface area contributed by atoms with Crippen LogP contribution in [0.15, 0.2) is 24.4 Å². The highest BCUT2D eigenvalue weighted by Crippen LogP contribution is 2.45. The van der Waals surface area contributed by atoms with E-state index in [4.69, 9.17) is 4.74 Å². The van der Waals surface area contributed by atoms with Gasteiger partial charge in [0.25, 0.3) is 0 Å². The molecule has 1 fully saturated rings. The predicted molar refractivity (Wildman–Crippen MR) is 86.0 cm³/mol. The third kappa shape index (κ3) is 3.02. The number of fused-ring (bicyclic) bond motifs is 1. The summed E-state index contributed by atoms with van der Waals surface area (Å²) in [7, 11) is 1.33. The van der Waals surface area contributed by atoms with Crippen LogP contribution in [0, 0.1) is 11.3 Å². The van der Waals surface area contributed by atoms with Crippen LogP contribution >= 0.6 is 0 Å². The number of amides is 1. The number of nitrogens with zero attached hydrogens (tertiary/aromatic N) is 2. The van der Waals surface area contributed by atoms with Crippen molar-refractivity contribution < 1.29 is 14.3 Å². The molecule has 1 amide bonds. The highest BCUT2D eigenvalue weighted by Gasteiger charge is 2.40. The molecule has 0 saturated heterocycles. The number of carbonyl (C=O) groups is 2. The van der Waals surface area contributed by atoms with Crippen molar-refractivity contribution in [3.05, 3.63) is 30.0 Å². The molecular formula is C17H19N3O3.